The van der Waals surface area contributed by atoms with E-state index in [1.54, 1.807) is 31.2 Å². The summed E-state index contributed by atoms with van der Waals surface area (Å²) in [5.74, 6) is 1.42. The lowest BCUT2D eigenvalue weighted by Gasteiger charge is -2.15. The van der Waals surface area contributed by atoms with Crippen molar-refractivity contribution >= 4 is 33.2 Å². The number of nitrogens with zero attached hydrogens (tertiary/aromatic N) is 1. The number of ether oxygens (including phenoxy) is 2. The van der Waals surface area contributed by atoms with Gasteiger partial charge < -0.3 is 14.8 Å². The van der Waals surface area contributed by atoms with Crippen LogP contribution in [0.25, 0.3) is 0 Å². The number of amides is 1. The average molecular weight is 457 g/mol. The van der Waals surface area contributed by atoms with Crippen LogP contribution in [-0.2, 0) is 4.79 Å². The van der Waals surface area contributed by atoms with E-state index in [-0.39, 0.29) is 5.69 Å². The summed E-state index contributed by atoms with van der Waals surface area (Å²) in [5.41, 5.74) is 0.178. The van der Waals surface area contributed by atoms with Crippen molar-refractivity contribution in [1.29, 1.82) is 0 Å². The second kappa shape index (κ2) is 9.20. The molecule has 0 fully saturated rings. The summed E-state index contributed by atoms with van der Waals surface area (Å²) < 4.78 is 11.9. The lowest BCUT2D eigenvalue weighted by Crippen LogP contribution is -2.30. The first-order chi connectivity index (χ1) is 13.9. The topological polar surface area (TPSA) is 90.7 Å². The van der Waals surface area contributed by atoms with Gasteiger partial charge in [0.1, 0.15) is 17.2 Å². The summed E-state index contributed by atoms with van der Waals surface area (Å²) in [6.45, 7) is 1.59. The number of nitro benzene ring substituents is 1. The molecule has 3 rings (SSSR count). The molecule has 0 aromatic heterocycles. The monoisotopic (exact) mass is 456 g/mol. The van der Waals surface area contributed by atoms with Crippen LogP contribution in [-0.4, -0.2) is 16.9 Å². The number of nitrogens with one attached hydrogen (secondary N) is 1. The van der Waals surface area contributed by atoms with Gasteiger partial charge in [-0.05, 0) is 65.3 Å². The third-order valence-corrected chi connectivity index (χ3v) is 4.59. The normalized spacial score (nSPS) is 11.4. The van der Waals surface area contributed by atoms with Crippen LogP contribution in [0.3, 0.4) is 0 Å². The van der Waals surface area contributed by atoms with Crippen molar-refractivity contribution in [2.24, 2.45) is 0 Å². The summed E-state index contributed by atoms with van der Waals surface area (Å²) in [4.78, 5) is 22.8. The molecule has 0 aliphatic rings. The van der Waals surface area contributed by atoms with E-state index in [0.29, 0.717) is 21.7 Å². The Bertz CT molecular complexity index is 1010. The number of rotatable bonds is 7. The van der Waals surface area contributed by atoms with Crippen LogP contribution >= 0.6 is 15.9 Å². The Labute approximate surface area is 175 Å². The summed E-state index contributed by atoms with van der Waals surface area (Å²) in [6, 6.07) is 20.4. The fourth-order valence-electron chi connectivity index (χ4n) is 2.43. The molecule has 8 heteroatoms. The first-order valence-electron chi connectivity index (χ1n) is 8.67. The molecule has 0 heterocycles. The highest BCUT2D eigenvalue weighted by Crippen LogP contribution is 2.28. The lowest BCUT2D eigenvalue weighted by molar-refractivity contribution is -0.384. The van der Waals surface area contributed by atoms with Crippen LogP contribution in [0.1, 0.15) is 6.92 Å². The van der Waals surface area contributed by atoms with E-state index < -0.39 is 16.9 Å². The standard InChI is InChI=1S/C21H17BrN2O5/c1-14(21(25)23-20-13-15(24(26)27)7-12-19(20)22)28-17-8-10-18(11-9-17)29-16-5-3-2-4-6-16/h2-14H,1H3,(H,23,25). The number of anilines is 1. The predicted octanol–water partition coefficient (Wildman–Crippen LogP) is 5.56. The highest BCUT2D eigenvalue weighted by Gasteiger charge is 2.18. The van der Waals surface area contributed by atoms with Crippen LogP contribution in [0.5, 0.6) is 17.2 Å². The Morgan fingerprint density at radius 1 is 1.00 bits per heavy atom. The van der Waals surface area contributed by atoms with Gasteiger partial charge in [0.2, 0.25) is 0 Å². The number of hydrogen-bond donors (Lipinski definition) is 1. The maximum Gasteiger partial charge on any atom is 0.271 e. The SMILES string of the molecule is CC(Oc1ccc(Oc2ccccc2)cc1)C(=O)Nc1cc([N+](=O)[O-])ccc1Br. The minimum atomic E-state index is -0.818. The number of carbonyl (C=O) groups is 1. The summed E-state index contributed by atoms with van der Waals surface area (Å²) in [5, 5.41) is 13.5. The number of para-hydroxylation sites is 1. The van der Waals surface area contributed by atoms with E-state index in [1.807, 2.05) is 30.3 Å². The number of benzene rings is 3. The highest BCUT2D eigenvalue weighted by molar-refractivity contribution is 9.10. The Balaban J connectivity index is 1.61. The Morgan fingerprint density at radius 3 is 2.28 bits per heavy atom. The van der Waals surface area contributed by atoms with Gasteiger partial charge in [-0.15, -0.1) is 0 Å². The number of carbonyl (C=O) groups excluding carboxylic acids is 1. The van der Waals surface area contributed by atoms with Crippen LogP contribution < -0.4 is 14.8 Å². The van der Waals surface area contributed by atoms with Crippen molar-refractivity contribution in [3.63, 3.8) is 0 Å². The maximum atomic E-state index is 12.4. The van der Waals surface area contributed by atoms with Crippen LogP contribution in [0.2, 0.25) is 0 Å². The molecule has 148 valence electrons. The molecule has 0 bridgehead atoms. The molecule has 3 aromatic carbocycles. The molecule has 0 radical (unpaired) electrons. The van der Waals surface area contributed by atoms with E-state index in [0.717, 1.165) is 5.75 Å². The van der Waals surface area contributed by atoms with Crippen molar-refractivity contribution in [3.8, 4) is 17.2 Å². The van der Waals surface area contributed by atoms with Gasteiger partial charge in [0.05, 0.1) is 10.6 Å². The lowest BCUT2D eigenvalue weighted by atomic mass is 10.2. The van der Waals surface area contributed by atoms with Gasteiger partial charge in [0, 0.05) is 16.6 Å². The number of halogens is 1. The largest absolute Gasteiger partial charge is 0.481 e. The molecule has 1 unspecified atom stereocenters. The molecule has 3 aromatic rings. The van der Waals surface area contributed by atoms with Crippen LogP contribution in [0.15, 0.2) is 77.3 Å². The second-order valence-corrected chi connectivity index (χ2v) is 6.91. The second-order valence-electron chi connectivity index (χ2n) is 6.06. The molecule has 7 nitrogen and oxygen atoms in total. The molecule has 0 aliphatic carbocycles. The predicted molar refractivity (Wildman–Crippen MR) is 112 cm³/mol. The molecular weight excluding hydrogens is 440 g/mol. The quantitative estimate of drug-likeness (QED) is 0.371. The van der Waals surface area contributed by atoms with Gasteiger partial charge in [-0.1, -0.05) is 18.2 Å². The molecule has 1 atom stereocenters. The van der Waals surface area contributed by atoms with Gasteiger partial charge in [0.15, 0.2) is 6.10 Å². The van der Waals surface area contributed by atoms with Crippen molar-refractivity contribution < 1.29 is 19.2 Å². The fourth-order valence-corrected chi connectivity index (χ4v) is 2.77. The highest BCUT2D eigenvalue weighted by atomic mass is 79.9. The van der Waals surface area contributed by atoms with Crippen LogP contribution in [0, 0.1) is 10.1 Å². The molecule has 1 amide bonds. The first kappa shape index (κ1) is 20.3. The summed E-state index contributed by atoms with van der Waals surface area (Å²) in [6.07, 6.45) is -0.818. The van der Waals surface area contributed by atoms with E-state index in [1.165, 1.54) is 18.2 Å². The van der Waals surface area contributed by atoms with E-state index in [4.69, 9.17) is 9.47 Å². The van der Waals surface area contributed by atoms with E-state index >= 15 is 0 Å². The van der Waals surface area contributed by atoms with Crippen molar-refractivity contribution in [1.82, 2.24) is 0 Å². The van der Waals surface area contributed by atoms with Crippen molar-refractivity contribution in [2.75, 3.05) is 5.32 Å². The number of nitro groups is 1. The third-order valence-electron chi connectivity index (χ3n) is 3.90. The molecule has 1 N–H and O–H groups in total. The number of non-ortho nitro benzene ring substituents is 1. The molecule has 0 aliphatic heterocycles. The molecule has 0 saturated heterocycles. The van der Waals surface area contributed by atoms with Gasteiger partial charge in [0.25, 0.3) is 11.6 Å². The minimum absolute atomic E-state index is 0.119. The van der Waals surface area contributed by atoms with Gasteiger partial charge in [-0.25, -0.2) is 0 Å². The number of hydrogen-bond acceptors (Lipinski definition) is 5. The van der Waals surface area contributed by atoms with Gasteiger partial charge in [-0.2, -0.15) is 0 Å². The van der Waals surface area contributed by atoms with Gasteiger partial charge >= 0.3 is 0 Å². The van der Waals surface area contributed by atoms with E-state index in [2.05, 4.69) is 21.2 Å². The average Bonchev–Trinajstić information content (AvgIpc) is 2.71. The molecule has 0 spiro atoms. The smallest absolute Gasteiger partial charge is 0.271 e. The zero-order valence-corrected chi connectivity index (χ0v) is 17.0. The molecule has 0 saturated carbocycles. The summed E-state index contributed by atoms with van der Waals surface area (Å²) >= 11 is 3.27. The Hall–Kier alpha value is -3.39. The molecule has 29 heavy (non-hydrogen) atoms. The van der Waals surface area contributed by atoms with Gasteiger partial charge in [-0.3, -0.25) is 14.9 Å². The van der Waals surface area contributed by atoms with Crippen molar-refractivity contribution in [2.45, 2.75) is 13.0 Å². The van der Waals surface area contributed by atoms with E-state index in [9.17, 15) is 14.9 Å². The zero-order chi connectivity index (χ0) is 20.8. The minimum Gasteiger partial charge on any atom is -0.481 e. The maximum absolute atomic E-state index is 12.4. The first-order valence-corrected chi connectivity index (χ1v) is 9.46. The van der Waals surface area contributed by atoms with Crippen LogP contribution in [0.4, 0.5) is 11.4 Å². The zero-order valence-electron chi connectivity index (χ0n) is 15.4. The Kier molecular flexibility index (Phi) is 6.46. The molecular formula is C21H17BrN2O5. The summed E-state index contributed by atoms with van der Waals surface area (Å²) in [7, 11) is 0. The van der Waals surface area contributed by atoms with Crippen molar-refractivity contribution in [3.05, 3.63) is 87.4 Å². The fraction of sp³-hybridized carbons (Fsp3) is 0.0952. The Morgan fingerprint density at radius 2 is 1.62 bits per heavy atom. The third kappa shape index (κ3) is 5.55.